The SMILES string of the molecule is OC(Cc1ccc(Br)cc1)C1=CCCCCC1. The summed E-state index contributed by atoms with van der Waals surface area (Å²) in [5, 5.41) is 10.2. The van der Waals surface area contributed by atoms with E-state index in [1.54, 1.807) is 0 Å². The van der Waals surface area contributed by atoms with Crippen LogP contribution in [0.3, 0.4) is 0 Å². The van der Waals surface area contributed by atoms with Gasteiger partial charge >= 0.3 is 0 Å². The van der Waals surface area contributed by atoms with Crippen molar-refractivity contribution >= 4 is 15.9 Å². The predicted octanol–water partition coefficient (Wildman–Crippen LogP) is 4.24. The first-order valence-corrected chi connectivity index (χ1v) is 7.16. The fourth-order valence-corrected chi connectivity index (χ4v) is 2.58. The van der Waals surface area contributed by atoms with Crippen molar-refractivity contribution in [2.24, 2.45) is 0 Å². The van der Waals surface area contributed by atoms with Crippen molar-refractivity contribution in [2.45, 2.75) is 44.6 Å². The van der Waals surface area contributed by atoms with E-state index in [1.165, 1.54) is 30.4 Å². The molecule has 0 spiro atoms. The lowest BCUT2D eigenvalue weighted by atomic mass is 9.98. The van der Waals surface area contributed by atoms with Crippen LogP contribution in [-0.4, -0.2) is 11.2 Å². The molecule has 92 valence electrons. The van der Waals surface area contributed by atoms with Crippen LogP contribution >= 0.6 is 15.9 Å². The minimum atomic E-state index is -0.297. The third-order valence-electron chi connectivity index (χ3n) is 3.35. The maximum absolute atomic E-state index is 10.2. The zero-order valence-corrected chi connectivity index (χ0v) is 11.6. The summed E-state index contributed by atoms with van der Waals surface area (Å²) < 4.78 is 1.09. The summed E-state index contributed by atoms with van der Waals surface area (Å²) in [4.78, 5) is 0. The number of allylic oxidation sites excluding steroid dienone is 1. The van der Waals surface area contributed by atoms with Gasteiger partial charge < -0.3 is 5.11 Å². The highest BCUT2D eigenvalue weighted by Crippen LogP contribution is 2.22. The normalized spacial score (nSPS) is 18.4. The molecule has 1 unspecified atom stereocenters. The van der Waals surface area contributed by atoms with E-state index < -0.39 is 0 Å². The van der Waals surface area contributed by atoms with Crippen LogP contribution in [0.5, 0.6) is 0 Å². The Labute approximate surface area is 112 Å². The zero-order chi connectivity index (χ0) is 12.1. The van der Waals surface area contributed by atoms with Gasteiger partial charge in [-0.1, -0.05) is 40.6 Å². The largest absolute Gasteiger partial charge is 0.388 e. The third-order valence-corrected chi connectivity index (χ3v) is 3.88. The van der Waals surface area contributed by atoms with Crippen LogP contribution in [0.15, 0.2) is 40.4 Å². The van der Waals surface area contributed by atoms with Crippen LogP contribution in [0, 0.1) is 0 Å². The highest BCUT2D eigenvalue weighted by Gasteiger charge is 2.13. The molecule has 0 saturated heterocycles. The first-order valence-electron chi connectivity index (χ1n) is 6.37. The van der Waals surface area contributed by atoms with Gasteiger partial charge in [-0.2, -0.15) is 0 Å². The van der Waals surface area contributed by atoms with Gasteiger partial charge in [-0.25, -0.2) is 0 Å². The quantitative estimate of drug-likeness (QED) is 0.827. The molecule has 2 rings (SSSR count). The minimum absolute atomic E-state index is 0.297. The van der Waals surface area contributed by atoms with Crippen LogP contribution in [0.2, 0.25) is 0 Å². The molecule has 0 fully saturated rings. The molecule has 1 aliphatic rings. The fraction of sp³-hybridized carbons (Fsp3) is 0.467. The van der Waals surface area contributed by atoms with Gasteiger partial charge in [0.1, 0.15) is 0 Å². The number of benzene rings is 1. The second-order valence-electron chi connectivity index (χ2n) is 4.72. The van der Waals surface area contributed by atoms with Crippen LogP contribution < -0.4 is 0 Å². The molecular weight excluding hydrogens is 276 g/mol. The van der Waals surface area contributed by atoms with E-state index in [9.17, 15) is 5.11 Å². The van der Waals surface area contributed by atoms with Gasteiger partial charge in [0, 0.05) is 10.9 Å². The van der Waals surface area contributed by atoms with Crippen molar-refractivity contribution in [3.63, 3.8) is 0 Å². The maximum Gasteiger partial charge on any atom is 0.0790 e. The van der Waals surface area contributed by atoms with Crippen LogP contribution in [0.25, 0.3) is 0 Å². The molecule has 0 aliphatic heterocycles. The Hall–Kier alpha value is -0.600. The fourth-order valence-electron chi connectivity index (χ4n) is 2.32. The lowest BCUT2D eigenvalue weighted by Gasteiger charge is -2.14. The molecule has 1 aliphatic carbocycles. The molecule has 0 bridgehead atoms. The van der Waals surface area contributed by atoms with Crippen molar-refractivity contribution in [3.8, 4) is 0 Å². The second kappa shape index (κ2) is 6.36. The van der Waals surface area contributed by atoms with E-state index in [0.717, 1.165) is 23.7 Å². The molecule has 1 N–H and O–H groups in total. The lowest BCUT2D eigenvalue weighted by molar-refractivity contribution is 0.206. The average Bonchev–Trinajstić information content (AvgIpc) is 2.61. The van der Waals surface area contributed by atoms with Gasteiger partial charge in [-0.05, 0) is 49.0 Å². The number of aliphatic hydroxyl groups is 1. The first kappa shape index (κ1) is 12.8. The lowest BCUT2D eigenvalue weighted by Crippen LogP contribution is -2.13. The van der Waals surface area contributed by atoms with E-state index in [1.807, 2.05) is 12.1 Å². The first-order chi connectivity index (χ1) is 8.25. The molecule has 2 heteroatoms. The molecule has 1 aromatic carbocycles. The van der Waals surface area contributed by atoms with E-state index in [-0.39, 0.29) is 6.10 Å². The molecule has 0 aromatic heterocycles. The average molecular weight is 295 g/mol. The van der Waals surface area contributed by atoms with Crippen molar-refractivity contribution in [2.75, 3.05) is 0 Å². The Kier molecular flexibility index (Phi) is 4.81. The summed E-state index contributed by atoms with van der Waals surface area (Å²) in [5.74, 6) is 0. The topological polar surface area (TPSA) is 20.2 Å². The Morgan fingerprint density at radius 2 is 1.88 bits per heavy atom. The van der Waals surface area contributed by atoms with Crippen molar-refractivity contribution in [1.82, 2.24) is 0 Å². The van der Waals surface area contributed by atoms with E-state index in [2.05, 4.69) is 34.1 Å². The molecule has 1 nitrogen and oxygen atoms in total. The number of hydrogen-bond acceptors (Lipinski definition) is 1. The van der Waals surface area contributed by atoms with Crippen molar-refractivity contribution in [3.05, 3.63) is 46.0 Å². The Morgan fingerprint density at radius 1 is 1.12 bits per heavy atom. The second-order valence-corrected chi connectivity index (χ2v) is 5.64. The molecule has 0 saturated carbocycles. The Bertz CT molecular complexity index is 380. The van der Waals surface area contributed by atoms with E-state index in [0.29, 0.717) is 0 Å². The van der Waals surface area contributed by atoms with E-state index in [4.69, 9.17) is 0 Å². The van der Waals surface area contributed by atoms with Crippen LogP contribution in [-0.2, 0) is 6.42 Å². The highest BCUT2D eigenvalue weighted by atomic mass is 79.9. The summed E-state index contributed by atoms with van der Waals surface area (Å²) in [7, 11) is 0. The molecule has 17 heavy (non-hydrogen) atoms. The number of rotatable bonds is 3. The van der Waals surface area contributed by atoms with Crippen molar-refractivity contribution in [1.29, 1.82) is 0 Å². The van der Waals surface area contributed by atoms with Gasteiger partial charge in [0.25, 0.3) is 0 Å². The zero-order valence-electron chi connectivity index (χ0n) is 10.0. The van der Waals surface area contributed by atoms with Gasteiger partial charge in [-0.15, -0.1) is 0 Å². The third kappa shape index (κ3) is 3.97. The van der Waals surface area contributed by atoms with Gasteiger partial charge in [0.2, 0.25) is 0 Å². The predicted molar refractivity (Wildman–Crippen MR) is 75.0 cm³/mol. The minimum Gasteiger partial charge on any atom is -0.388 e. The summed E-state index contributed by atoms with van der Waals surface area (Å²) in [6.45, 7) is 0. The smallest absolute Gasteiger partial charge is 0.0790 e. The Balaban J connectivity index is 1.98. The number of halogens is 1. The molecule has 0 amide bonds. The highest BCUT2D eigenvalue weighted by molar-refractivity contribution is 9.10. The number of aliphatic hydroxyl groups excluding tert-OH is 1. The maximum atomic E-state index is 10.2. The molecule has 0 radical (unpaired) electrons. The van der Waals surface area contributed by atoms with E-state index >= 15 is 0 Å². The summed E-state index contributed by atoms with van der Waals surface area (Å²) in [5.41, 5.74) is 2.44. The van der Waals surface area contributed by atoms with Crippen molar-refractivity contribution < 1.29 is 5.11 Å². The molecule has 1 aromatic rings. The molecule has 1 atom stereocenters. The summed E-state index contributed by atoms with van der Waals surface area (Å²) in [6.07, 6.45) is 8.68. The number of hydrogen-bond donors (Lipinski definition) is 1. The van der Waals surface area contributed by atoms with Crippen LogP contribution in [0.1, 0.15) is 37.7 Å². The summed E-state index contributed by atoms with van der Waals surface area (Å²) in [6, 6.07) is 8.21. The Morgan fingerprint density at radius 3 is 2.65 bits per heavy atom. The van der Waals surface area contributed by atoms with Crippen LogP contribution in [0.4, 0.5) is 0 Å². The van der Waals surface area contributed by atoms with Gasteiger partial charge in [0.05, 0.1) is 6.10 Å². The van der Waals surface area contributed by atoms with Gasteiger partial charge in [0.15, 0.2) is 0 Å². The standard InChI is InChI=1S/C15H19BrO/c16-14-9-7-12(8-10-14)11-15(17)13-5-3-1-2-4-6-13/h5,7-10,15,17H,1-4,6,11H2. The summed E-state index contributed by atoms with van der Waals surface area (Å²) >= 11 is 3.42. The monoisotopic (exact) mass is 294 g/mol. The van der Waals surface area contributed by atoms with Gasteiger partial charge in [-0.3, -0.25) is 0 Å². The molecule has 0 heterocycles. The molecular formula is C15H19BrO.